The molecule has 3 fully saturated rings. The average molecular weight is 344 g/mol. The van der Waals surface area contributed by atoms with Crippen molar-refractivity contribution in [3.63, 3.8) is 0 Å². The van der Waals surface area contributed by atoms with Crippen molar-refractivity contribution in [2.45, 2.75) is 6.92 Å². The molecule has 3 heterocycles. The summed E-state index contributed by atoms with van der Waals surface area (Å²) in [4.78, 5) is 0. The first-order valence-corrected chi connectivity index (χ1v) is 5.94. The predicted molar refractivity (Wildman–Crippen MR) is 59.4 cm³/mol. The van der Waals surface area contributed by atoms with E-state index in [2.05, 4.69) is 13.6 Å². The fraction of sp³-hybridized carbons (Fsp3) is 0.455. The van der Waals surface area contributed by atoms with Gasteiger partial charge in [0, 0.05) is 31.3 Å². The Hall–Kier alpha value is 0.153. The summed E-state index contributed by atoms with van der Waals surface area (Å²) < 4.78 is 23.1. The van der Waals surface area contributed by atoms with Crippen molar-refractivity contribution in [2.75, 3.05) is 19.8 Å². The third-order valence-electron chi connectivity index (χ3n) is 2.11. The van der Waals surface area contributed by atoms with E-state index >= 15 is 0 Å². The van der Waals surface area contributed by atoms with Gasteiger partial charge in [0.15, 0.2) is 0 Å². The molecule has 4 aliphatic rings. The van der Waals surface area contributed by atoms with Gasteiger partial charge in [0.05, 0.1) is 19.8 Å². The Kier molecular flexibility index (Phi) is 9.21. The van der Waals surface area contributed by atoms with E-state index in [1.54, 1.807) is 0 Å². The summed E-state index contributed by atoms with van der Waals surface area (Å²) in [6, 6.07) is 0. The normalized spacial score (nSPS) is 31.6. The van der Waals surface area contributed by atoms with Gasteiger partial charge in [-0.05, 0) is 0 Å². The Morgan fingerprint density at radius 1 is 1.00 bits per heavy atom. The number of hydrogen-bond acceptors (Lipinski definition) is 3. The smallest absolute Gasteiger partial charge is 0.00506 e. The van der Waals surface area contributed by atoms with E-state index < -0.39 is 8.60 Å². The van der Waals surface area contributed by atoms with E-state index in [9.17, 15) is 0 Å². The zero-order chi connectivity index (χ0) is 11.9. The van der Waals surface area contributed by atoms with Gasteiger partial charge in [-0.25, -0.2) is 0 Å². The molecule has 0 spiro atoms. The summed E-state index contributed by atoms with van der Waals surface area (Å²) in [6.07, 6.45) is 10.0. The van der Waals surface area contributed by atoms with Gasteiger partial charge in [0.2, 0.25) is 0 Å². The van der Waals surface area contributed by atoms with Crippen LogP contribution in [0, 0.1) is 18.5 Å². The zero-order valence-corrected chi connectivity index (χ0v) is 12.0. The monoisotopic (exact) mass is 344 g/mol. The molecule has 17 heavy (non-hydrogen) atoms. The van der Waals surface area contributed by atoms with E-state index in [0.29, 0.717) is 0 Å². The third-order valence-corrected chi connectivity index (χ3v) is 3.13. The van der Waals surface area contributed by atoms with Gasteiger partial charge in [0.25, 0.3) is 0 Å². The number of hydrogen-bond donors (Lipinski definition) is 0. The molecule has 0 aromatic heterocycles. The van der Waals surface area contributed by atoms with Crippen molar-refractivity contribution in [3.05, 3.63) is 37.4 Å². The predicted octanol–water partition coefficient (Wildman–Crippen LogP) is 2.57. The maximum atomic E-state index is 7.50. The van der Waals surface area contributed by atoms with Crippen LogP contribution in [-0.2, 0) is 37.7 Å². The van der Waals surface area contributed by atoms with Gasteiger partial charge in [-0.15, -0.1) is 0 Å². The van der Waals surface area contributed by atoms with Crippen molar-refractivity contribution in [1.29, 1.82) is 0 Å². The fourth-order valence-corrected chi connectivity index (χ4v) is 2.66. The molecular formula is C11H14O4PRh. The van der Waals surface area contributed by atoms with Crippen LogP contribution >= 0.6 is 8.60 Å². The molecule has 0 amide bonds. The Morgan fingerprint density at radius 3 is 1.59 bits per heavy atom. The van der Waals surface area contributed by atoms with Gasteiger partial charge in [-0.3, -0.25) is 0 Å². The molecule has 4 nitrogen and oxygen atoms in total. The summed E-state index contributed by atoms with van der Waals surface area (Å²) in [5, 5.41) is 0. The third kappa shape index (κ3) is 6.04. The van der Waals surface area contributed by atoms with E-state index in [1.807, 2.05) is 30.7 Å². The molecule has 3 aliphatic heterocycles. The molecule has 0 aromatic carbocycles. The van der Waals surface area contributed by atoms with Crippen LogP contribution in [0.4, 0.5) is 0 Å². The van der Waals surface area contributed by atoms with Gasteiger partial charge < -0.3 is 13.6 Å². The molecule has 3 saturated heterocycles. The van der Waals surface area contributed by atoms with Gasteiger partial charge in [-0.1, -0.05) is 31.2 Å². The molecule has 0 N–H and O–H groups in total. The van der Waals surface area contributed by atoms with Crippen LogP contribution in [0.1, 0.15) is 6.92 Å². The molecule has 0 atom stereocenters. The molecule has 2 bridgehead atoms. The zero-order valence-electron chi connectivity index (χ0n) is 9.42. The molecule has 96 valence electrons. The van der Waals surface area contributed by atoms with Crippen molar-refractivity contribution in [2.24, 2.45) is 5.41 Å². The van der Waals surface area contributed by atoms with Gasteiger partial charge in [0.1, 0.15) is 0 Å². The molecular weight excluding hydrogens is 330 g/mol. The minimum Gasteiger partial charge on any atom is -0.0767 e. The number of rotatable bonds is 0. The largest absolute Gasteiger partial charge is 0.0767 e. The van der Waals surface area contributed by atoms with Crippen LogP contribution in [0.25, 0.3) is 0 Å². The number of fused-ring (bicyclic) bond motifs is 3. The maximum absolute atomic E-state index is 7.50. The van der Waals surface area contributed by atoms with Crippen LogP contribution in [0.5, 0.6) is 0 Å². The molecule has 2 radical (unpaired) electrons. The van der Waals surface area contributed by atoms with E-state index in [0.717, 1.165) is 19.8 Å². The first-order valence-electron chi connectivity index (χ1n) is 4.85. The maximum Gasteiger partial charge on any atom is 0.00506 e. The van der Waals surface area contributed by atoms with Crippen molar-refractivity contribution >= 4 is 8.60 Å². The second-order valence-corrected chi connectivity index (χ2v) is 5.04. The number of allylic oxidation sites excluding steroid dienone is 4. The molecule has 4 rings (SSSR count). The second kappa shape index (κ2) is 9.13. The summed E-state index contributed by atoms with van der Waals surface area (Å²) >= 11 is 0. The van der Waals surface area contributed by atoms with Crippen molar-refractivity contribution < 1.29 is 37.7 Å². The van der Waals surface area contributed by atoms with Crippen LogP contribution in [0.2, 0.25) is 0 Å². The summed E-state index contributed by atoms with van der Waals surface area (Å²) in [5.41, 5.74) is 0.136. The summed E-state index contributed by atoms with van der Waals surface area (Å²) in [5.74, 6) is 0. The molecule has 0 saturated carbocycles. The van der Waals surface area contributed by atoms with E-state index in [1.165, 1.54) is 0 Å². The summed E-state index contributed by atoms with van der Waals surface area (Å²) in [6.45, 7) is 9.02. The van der Waals surface area contributed by atoms with Crippen LogP contribution in [0.15, 0.2) is 24.3 Å². The fourth-order valence-electron chi connectivity index (χ4n) is 1.18. The van der Waals surface area contributed by atoms with Crippen LogP contribution < -0.4 is 0 Å². The van der Waals surface area contributed by atoms with Crippen LogP contribution in [0.3, 0.4) is 0 Å². The average Bonchev–Trinajstić information content (AvgIpc) is 2.91. The standard InChI is InChI=1S/C5H9O3P.C5H5.CO.Rh/c1-5-2-6-9(7-3-5)8-4-5;1-2-4-5-3-1;1-2;/h2-4H2,1H3;1-5H;;. The Labute approximate surface area is 116 Å². The first-order chi connectivity index (χ1) is 7.79. The Balaban J connectivity index is 0.000000277. The minimum atomic E-state index is -0.935. The minimum absolute atomic E-state index is 0. The van der Waals surface area contributed by atoms with Crippen molar-refractivity contribution in [1.82, 2.24) is 0 Å². The molecule has 0 unspecified atom stereocenters. The Morgan fingerprint density at radius 2 is 1.41 bits per heavy atom. The molecule has 6 heteroatoms. The Bertz CT molecular complexity index is 259. The molecule has 0 aromatic rings. The SMILES string of the molecule is CC12COP(OC1)OC2.[C-]#[O+].[CH]1C=CC=C1.[Rh]. The summed E-state index contributed by atoms with van der Waals surface area (Å²) in [7, 11) is -0.935. The quantitative estimate of drug-likeness (QED) is 0.294. The van der Waals surface area contributed by atoms with E-state index in [-0.39, 0.29) is 24.9 Å². The topological polar surface area (TPSA) is 47.6 Å². The second-order valence-electron chi connectivity index (χ2n) is 3.82. The first kappa shape index (κ1) is 17.2. The van der Waals surface area contributed by atoms with E-state index in [4.69, 9.17) is 18.2 Å². The van der Waals surface area contributed by atoms with Crippen LogP contribution in [-0.4, -0.2) is 19.8 Å². The molecule has 1 aliphatic carbocycles. The van der Waals surface area contributed by atoms with Crippen molar-refractivity contribution in [3.8, 4) is 0 Å². The van der Waals surface area contributed by atoms with Gasteiger partial charge >= 0.3 is 19.9 Å². The van der Waals surface area contributed by atoms with Gasteiger partial charge in [-0.2, -0.15) is 0 Å².